The average molecular weight is 458 g/mol. The molecule has 0 bridgehead atoms. The first-order valence-corrected chi connectivity index (χ1v) is 12.0. The van der Waals surface area contributed by atoms with E-state index >= 15 is 0 Å². The summed E-state index contributed by atoms with van der Waals surface area (Å²) >= 11 is 0. The lowest BCUT2D eigenvalue weighted by molar-refractivity contribution is -0.121. The van der Waals surface area contributed by atoms with Crippen LogP contribution in [0.5, 0.6) is 5.75 Å². The van der Waals surface area contributed by atoms with Crippen molar-refractivity contribution in [3.05, 3.63) is 70.9 Å². The number of fused-ring (bicyclic) bond motifs is 2. The number of phenolic OH excluding ortho intramolecular Hbond substituents is 1. The van der Waals surface area contributed by atoms with Gasteiger partial charge >= 0.3 is 0 Å². The van der Waals surface area contributed by atoms with Gasteiger partial charge in [-0.2, -0.15) is 0 Å². The molecule has 3 N–H and O–H groups in total. The highest BCUT2D eigenvalue weighted by molar-refractivity contribution is 6.21. The van der Waals surface area contributed by atoms with Crippen molar-refractivity contribution in [3.8, 4) is 5.75 Å². The predicted molar refractivity (Wildman–Crippen MR) is 136 cm³/mol. The lowest BCUT2D eigenvalue weighted by Crippen LogP contribution is -2.28. The number of aryl methyl sites for hydroxylation is 1. The highest BCUT2D eigenvalue weighted by atomic mass is 16.3. The summed E-state index contributed by atoms with van der Waals surface area (Å²) in [7, 11) is 0. The van der Waals surface area contributed by atoms with Crippen molar-refractivity contribution in [3.63, 3.8) is 0 Å². The summed E-state index contributed by atoms with van der Waals surface area (Å²) in [5.41, 5.74) is 5.62. The standard InChI is InChI=1S/C28H31N3O3/c1-19(32)24(18-20-12-14-21(33)15-13-20)28(34)30-17-7-6-16-29-27-22-8-2-4-10-25(22)31-26-11-5-3-9-23(26)27/h2,4,8,10,12-15,18,33H,3,5-7,9,11,16-17H2,1H3,(H,29,31)(H,30,34)/b24-18+. The van der Waals surface area contributed by atoms with Gasteiger partial charge in [-0.3, -0.25) is 14.6 Å². The minimum absolute atomic E-state index is 0.110. The van der Waals surface area contributed by atoms with Crippen LogP contribution in [-0.2, 0) is 22.4 Å². The number of anilines is 1. The summed E-state index contributed by atoms with van der Waals surface area (Å²) in [5, 5.41) is 17.1. The summed E-state index contributed by atoms with van der Waals surface area (Å²) in [6.45, 7) is 2.69. The fourth-order valence-electron chi connectivity index (χ4n) is 4.40. The molecule has 0 atom stereocenters. The fourth-order valence-corrected chi connectivity index (χ4v) is 4.40. The average Bonchev–Trinajstić information content (AvgIpc) is 2.84. The Hall–Kier alpha value is -3.67. The number of benzene rings is 2. The second-order valence-electron chi connectivity index (χ2n) is 8.73. The van der Waals surface area contributed by atoms with E-state index in [0.29, 0.717) is 12.1 Å². The maximum absolute atomic E-state index is 12.5. The number of hydrogen-bond donors (Lipinski definition) is 3. The van der Waals surface area contributed by atoms with Crippen LogP contribution in [0.15, 0.2) is 54.1 Å². The molecule has 0 radical (unpaired) electrons. The zero-order valence-electron chi connectivity index (χ0n) is 19.6. The SMILES string of the molecule is CC(=O)/C(=C\c1ccc(O)cc1)C(=O)NCCCCNc1c2c(nc3ccccc13)CCCC2. The van der Waals surface area contributed by atoms with Gasteiger partial charge in [0.15, 0.2) is 5.78 Å². The van der Waals surface area contributed by atoms with Crippen molar-refractivity contribution in [1.29, 1.82) is 0 Å². The van der Waals surface area contributed by atoms with E-state index in [1.54, 1.807) is 18.2 Å². The monoisotopic (exact) mass is 457 g/mol. The van der Waals surface area contributed by atoms with Gasteiger partial charge in [0, 0.05) is 29.9 Å². The van der Waals surface area contributed by atoms with Gasteiger partial charge < -0.3 is 15.7 Å². The quantitative estimate of drug-likeness (QED) is 0.186. The number of Topliss-reactive ketones (excluding diaryl/α,β-unsaturated/α-hetero) is 1. The van der Waals surface area contributed by atoms with Gasteiger partial charge in [0.2, 0.25) is 0 Å². The summed E-state index contributed by atoms with van der Waals surface area (Å²) in [4.78, 5) is 29.4. The number of nitrogens with zero attached hydrogens (tertiary/aromatic N) is 1. The van der Waals surface area contributed by atoms with Crippen LogP contribution in [0.4, 0.5) is 5.69 Å². The van der Waals surface area contributed by atoms with E-state index in [9.17, 15) is 14.7 Å². The molecule has 0 unspecified atom stereocenters. The number of para-hydroxylation sites is 1. The van der Waals surface area contributed by atoms with Gasteiger partial charge in [0.05, 0.1) is 11.1 Å². The van der Waals surface area contributed by atoms with Gasteiger partial charge in [0.1, 0.15) is 5.75 Å². The first-order chi connectivity index (χ1) is 16.5. The van der Waals surface area contributed by atoms with Gasteiger partial charge in [-0.05, 0) is 80.9 Å². The Morgan fingerprint density at radius 1 is 1.00 bits per heavy atom. The number of amides is 1. The third kappa shape index (κ3) is 5.63. The van der Waals surface area contributed by atoms with Crippen LogP contribution in [-0.4, -0.2) is 34.9 Å². The molecule has 34 heavy (non-hydrogen) atoms. The Morgan fingerprint density at radius 2 is 1.74 bits per heavy atom. The molecule has 176 valence electrons. The molecule has 0 saturated carbocycles. The summed E-state index contributed by atoms with van der Waals surface area (Å²) < 4.78 is 0. The van der Waals surface area contributed by atoms with Crippen molar-refractivity contribution in [2.24, 2.45) is 0 Å². The van der Waals surface area contributed by atoms with Crippen LogP contribution < -0.4 is 10.6 Å². The van der Waals surface area contributed by atoms with Crippen molar-refractivity contribution in [1.82, 2.24) is 10.3 Å². The van der Waals surface area contributed by atoms with Gasteiger partial charge in [-0.15, -0.1) is 0 Å². The number of carbonyl (C=O) groups is 2. The smallest absolute Gasteiger partial charge is 0.254 e. The number of unbranched alkanes of at least 4 members (excludes halogenated alkanes) is 1. The van der Waals surface area contributed by atoms with E-state index in [1.807, 2.05) is 6.07 Å². The third-order valence-corrected chi connectivity index (χ3v) is 6.19. The van der Waals surface area contributed by atoms with Crippen molar-refractivity contribution >= 4 is 34.4 Å². The molecular formula is C28H31N3O3. The first kappa shape index (κ1) is 23.5. The summed E-state index contributed by atoms with van der Waals surface area (Å²) in [5.74, 6) is -0.524. The van der Waals surface area contributed by atoms with Gasteiger partial charge in [-0.25, -0.2) is 0 Å². The Labute approximate surface area is 200 Å². The van der Waals surface area contributed by atoms with Crippen molar-refractivity contribution in [2.45, 2.75) is 45.4 Å². The number of ketones is 1. The fraction of sp³-hybridized carbons (Fsp3) is 0.321. The van der Waals surface area contributed by atoms with E-state index in [4.69, 9.17) is 4.98 Å². The lowest BCUT2D eigenvalue weighted by Gasteiger charge is -2.21. The maximum atomic E-state index is 12.5. The molecule has 0 fully saturated rings. The normalized spacial score (nSPS) is 13.4. The number of pyridine rings is 1. The predicted octanol–water partition coefficient (Wildman–Crippen LogP) is 4.80. The summed E-state index contributed by atoms with van der Waals surface area (Å²) in [6, 6.07) is 14.7. The van der Waals surface area contributed by atoms with Crippen LogP contribution in [0.3, 0.4) is 0 Å². The molecule has 2 aromatic carbocycles. The maximum Gasteiger partial charge on any atom is 0.254 e. The zero-order valence-corrected chi connectivity index (χ0v) is 19.6. The Morgan fingerprint density at radius 3 is 2.53 bits per heavy atom. The van der Waals surface area contributed by atoms with Crippen LogP contribution >= 0.6 is 0 Å². The lowest BCUT2D eigenvalue weighted by atomic mass is 9.92. The molecule has 1 amide bonds. The zero-order chi connectivity index (χ0) is 23.9. The number of carbonyl (C=O) groups excluding carboxylic acids is 2. The minimum atomic E-state index is -0.372. The highest BCUT2D eigenvalue weighted by Gasteiger charge is 2.18. The molecule has 6 nitrogen and oxygen atoms in total. The highest BCUT2D eigenvalue weighted by Crippen LogP contribution is 2.33. The molecule has 0 saturated heterocycles. The molecular weight excluding hydrogens is 426 g/mol. The minimum Gasteiger partial charge on any atom is -0.508 e. The van der Waals surface area contributed by atoms with Crippen LogP contribution in [0.1, 0.15) is 49.4 Å². The second-order valence-corrected chi connectivity index (χ2v) is 8.73. The number of nitrogens with one attached hydrogen (secondary N) is 2. The van der Waals surface area contributed by atoms with Crippen LogP contribution in [0, 0.1) is 0 Å². The molecule has 4 rings (SSSR count). The van der Waals surface area contributed by atoms with E-state index < -0.39 is 0 Å². The van der Waals surface area contributed by atoms with E-state index in [2.05, 4.69) is 28.8 Å². The molecule has 3 aromatic rings. The molecule has 0 spiro atoms. The number of aromatic hydroxyl groups is 1. The molecule has 1 aromatic heterocycles. The molecule has 1 heterocycles. The molecule has 1 aliphatic carbocycles. The molecule has 6 heteroatoms. The van der Waals surface area contributed by atoms with E-state index in [1.165, 1.54) is 54.2 Å². The van der Waals surface area contributed by atoms with E-state index in [0.717, 1.165) is 37.7 Å². The number of phenols is 1. The molecule has 0 aliphatic heterocycles. The van der Waals surface area contributed by atoms with Crippen LogP contribution in [0.25, 0.3) is 17.0 Å². The van der Waals surface area contributed by atoms with Gasteiger partial charge in [0.25, 0.3) is 5.91 Å². The third-order valence-electron chi connectivity index (χ3n) is 6.19. The number of hydrogen-bond acceptors (Lipinski definition) is 5. The van der Waals surface area contributed by atoms with Gasteiger partial charge in [-0.1, -0.05) is 30.3 Å². The number of aromatic nitrogens is 1. The second kappa shape index (κ2) is 11.0. The number of rotatable bonds is 9. The largest absolute Gasteiger partial charge is 0.508 e. The Balaban J connectivity index is 1.31. The topological polar surface area (TPSA) is 91.3 Å². The van der Waals surface area contributed by atoms with E-state index in [-0.39, 0.29) is 23.0 Å². The van der Waals surface area contributed by atoms with Crippen molar-refractivity contribution < 1.29 is 14.7 Å². The summed E-state index contributed by atoms with van der Waals surface area (Å²) in [6.07, 6.45) is 7.74. The molecule has 1 aliphatic rings. The van der Waals surface area contributed by atoms with Crippen LogP contribution in [0.2, 0.25) is 0 Å². The Bertz CT molecular complexity index is 1220. The Kier molecular flexibility index (Phi) is 7.58. The van der Waals surface area contributed by atoms with Crippen molar-refractivity contribution in [2.75, 3.05) is 18.4 Å². The first-order valence-electron chi connectivity index (χ1n) is 12.0.